The second-order valence-corrected chi connectivity index (χ2v) is 7.93. The lowest BCUT2D eigenvalue weighted by molar-refractivity contribution is -0.889. The van der Waals surface area contributed by atoms with Gasteiger partial charge < -0.3 is 20.0 Å². The topological polar surface area (TPSA) is 103 Å². The molecule has 1 atom stereocenters. The van der Waals surface area contributed by atoms with E-state index >= 15 is 0 Å². The number of H-pyrrole nitrogens is 1. The number of rotatable bonds is 4. The molecular formula is C22H23ClF3N4O4+. The molecule has 1 amide bonds. The van der Waals surface area contributed by atoms with Crippen molar-refractivity contribution >= 4 is 34.9 Å². The number of hydrogen-bond donors (Lipinski definition) is 3. The molecule has 0 saturated carbocycles. The molecule has 0 radical (unpaired) electrons. The van der Waals surface area contributed by atoms with Crippen molar-refractivity contribution in [1.82, 2.24) is 10.3 Å². The van der Waals surface area contributed by atoms with E-state index in [2.05, 4.69) is 14.7 Å². The quantitative estimate of drug-likeness (QED) is 0.461. The van der Waals surface area contributed by atoms with Gasteiger partial charge in [-0.2, -0.15) is 18.2 Å². The number of pyridine rings is 1. The van der Waals surface area contributed by atoms with Crippen molar-refractivity contribution in [3.63, 3.8) is 0 Å². The first-order valence-corrected chi connectivity index (χ1v) is 10.8. The highest BCUT2D eigenvalue weighted by Crippen LogP contribution is 2.22. The highest BCUT2D eigenvalue weighted by molar-refractivity contribution is 6.31. The summed E-state index contributed by atoms with van der Waals surface area (Å²) >= 11 is 6.27. The molecule has 3 aromatic rings. The Labute approximate surface area is 197 Å². The number of fused-ring (bicyclic) bond motifs is 1. The number of nitrogens with zero attached hydrogens (tertiary/aromatic N) is 1. The van der Waals surface area contributed by atoms with Gasteiger partial charge in [-0.05, 0) is 30.7 Å². The molecule has 8 nitrogen and oxygen atoms in total. The number of aromatic nitrogens is 2. The van der Waals surface area contributed by atoms with Crippen molar-refractivity contribution in [2.45, 2.75) is 19.1 Å². The molecule has 0 spiro atoms. The number of alkyl halides is 3. The number of carbonyl (C=O) groups is 2. The molecule has 1 unspecified atom stereocenters. The van der Waals surface area contributed by atoms with Crippen LogP contribution >= 0.6 is 11.6 Å². The molecule has 182 valence electrons. The number of carboxylic acid groups (broad SMARTS) is 1. The number of amides is 1. The van der Waals surface area contributed by atoms with Gasteiger partial charge in [-0.1, -0.05) is 35.9 Å². The van der Waals surface area contributed by atoms with Gasteiger partial charge in [0.15, 0.2) is 5.52 Å². The molecule has 3 heterocycles. The van der Waals surface area contributed by atoms with Crippen LogP contribution in [0.3, 0.4) is 0 Å². The third kappa shape index (κ3) is 6.04. The first-order chi connectivity index (χ1) is 16.1. The van der Waals surface area contributed by atoms with E-state index in [9.17, 15) is 18.0 Å². The van der Waals surface area contributed by atoms with Gasteiger partial charge in [0.25, 0.3) is 5.91 Å². The SMILES string of the molecule is CC(NC(=O)c1[nH]c([NH+]2CCOCC2)[n+]2ccccc12)c1ccccc1Cl.O=C([O-])C(F)(F)F. The minimum atomic E-state index is -5.19. The first kappa shape index (κ1) is 25.5. The molecule has 2 aromatic heterocycles. The fraction of sp³-hybridized carbons (Fsp3) is 0.318. The number of quaternary nitrogens is 1. The van der Waals surface area contributed by atoms with Crippen molar-refractivity contribution in [3.05, 3.63) is 64.9 Å². The standard InChI is InChI=1S/C20H21ClN4O2.C2HF3O2/c1-14(15-6-2-3-7-16(15)21)22-19(26)18-17-8-4-5-9-25(17)20(23-18)24-10-12-27-13-11-24;3-2(4,5)1(6)7/h2-9,14H,10-13H2,1H3,(H,22,26);(H,6,7)/p+1. The Morgan fingerprint density at radius 1 is 1.18 bits per heavy atom. The summed E-state index contributed by atoms with van der Waals surface area (Å²) in [5.41, 5.74) is 2.31. The average Bonchev–Trinajstić information content (AvgIpc) is 3.19. The van der Waals surface area contributed by atoms with Crippen LogP contribution < -0.4 is 19.7 Å². The number of halogens is 4. The molecule has 4 rings (SSSR count). The van der Waals surface area contributed by atoms with Gasteiger partial charge in [0.1, 0.15) is 25.3 Å². The molecular weight excluding hydrogens is 477 g/mol. The number of aliphatic carboxylic acids is 1. The highest BCUT2D eigenvalue weighted by Gasteiger charge is 2.33. The number of carboxylic acids is 1. The lowest BCUT2D eigenvalue weighted by Gasteiger charge is -2.18. The van der Waals surface area contributed by atoms with Crippen molar-refractivity contribution < 1.29 is 41.9 Å². The van der Waals surface area contributed by atoms with E-state index in [1.807, 2.05) is 55.6 Å². The second kappa shape index (κ2) is 10.9. The molecule has 1 aliphatic rings. The average molecular weight is 500 g/mol. The van der Waals surface area contributed by atoms with E-state index in [4.69, 9.17) is 26.2 Å². The predicted molar refractivity (Wildman–Crippen MR) is 114 cm³/mol. The zero-order valence-corrected chi connectivity index (χ0v) is 18.9. The van der Waals surface area contributed by atoms with E-state index in [1.54, 1.807) is 0 Å². The van der Waals surface area contributed by atoms with Gasteiger partial charge in [-0.25, -0.2) is 4.90 Å². The number of imidazole rings is 1. The highest BCUT2D eigenvalue weighted by atomic mass is 35.5. The predicted octanol–water partition coefficient (Wildman–Crippen LogP) is 0.743. The zero-order valence-electron chi connectivity index (χ0n) is 18.1. The Morgan fingerprint density at radius 3 is 2.41 bits per heavy atom. The Balaban J connectivity index is 0.000000406. The van der Waals surface area contributed by atoms with Crippen molar-refractivity contribution in [2.75, 3.05) is 26.3 Å². The Bertz CT molecular complexity index is 1160. The lowest BCUT2D eigenvalue weighted by Crippen LogP contribution is -3.11. The molecule has 3 N–H and O–H groups in total. The minimum Gasteiger partial charge on any atom is -0.542 e. The maximum absolute atomic E-state index is 13.0. The van der Waals surface area contributed by atoms with E-state index in [1.165, 1.54) is 4.90 Å². The molecule has 1 aliphatic heterocycles. The number of nitrogens with one attached hydrogen (secondary N) is 3. The molecule has 34 heavy (non-hydrogen) atoms. The Kier molecular flexibility index (Phi) is 8.13. The number of hydrogen-bond acceptors (Lipinski definition) is 4. The summed E-state index contributed by atoms with van der Waals surface area (Å²) in [4.78, 5) is 26.4. The van der Waals surface area contributed by atoms with Crippen LogP contribution in [0.15, 0.2) is 48.7 Å². The van der Waals surface area contributed by atoms with Crippen LogP contribution in [-0.2, 0) is 9.53 Å². The Hall–Kier alpha value is -3.15. The third-order valence-corrected chi connectivity index (χ3v) is 5.55. The first-order valence-electron chi connectivity index (χ1n) is 10.4. The summed E-state index contributed by atoms with van der Waals surface area (Å²) in [6, 6.07) is 13.2. The normalized spacial score (nSPS) is 15.3. The van der Waals surface area contributed by atoms with Crippen LogP contribution in [0.2, 0.25) is 5.02 Å². The summed E-state index contributed by atoms with van der Waals surface area (Å²) in [6.45, 7) is 5.11. The van der Waals surface area contributed by atoms with Crippen LogP contribution in [-0.4, -0.2) is 49.3 Å². The maximum atomic E-state index is 13.0. The summed E-state index contributed by atoms with van der Waals surface area (Å²) in [5, 5.41) is 12.5. The Morgan fingerprint density at radius 2 is 1.79 bits per heavy atom. The fourth-order valence-corrected chi connectivity index (χ4v) is 3.84. The maximum Gasteiger partial charge on any atom is 0.457 e. The van der Waals surface area contributed by atoms with Gasteiger partial charge >= 0.3 is 12.1 Å². The number of aromatic amines is 1. The van der Waals surface area contributed by atoms with Crippen LogP contribution in [0.5, 0.6) is 0 Å². The largest absolute Gasteiger partial charge is 0.542 e. The second-order valence-electron chi connectivity index (χ2n) is 7.52. The van der Waals surface area contributed by atoms with Gasteiger partial charge in [0.2, 0.25) is 5.69 Å². The molecule has 1 aromatic carbocycles. The van der Waals surface area contributed by atoms with Crippen molar-refractivity contribution in [3.8, 4) is 0 Å². The van der Waals surface area contributed by atoms with E-state index in [0.717, 1.165) is 30.1 Å². The molecule has 0 aliphatic carbocycles. The summed E-state index contributed by atoms with van der Waals surface area (Å²) in [6.07, 6.45) is -3.21. The number of benzene rings is 1. The summed E-state index contributed by atoms with van der Waals surface area (Å²) in [7, 11) is 0. The number of morpholine rings is 1. The van der Waals surface area contributed by atoms with Crippen molar-refractivity contribution in [1.29, 1.82) is 0 Å². The molecule has 12 heteroatoms. The van der Waals surface area contributed by atoms with Gasteiger partial charge in [-0.3, -0.25) is 4.79 Å². The van der Waals surface area contributed by atoms with Gasteiger partial charge in [0.05, 0.1) is 19.3 Å². The minimum absolute atomic E-state index is 0.148. The van der Waals surface area contributed by atoms with Crippen LogP contribution in [0.25, 0.3) is 5.52 Å². The van der Waals surface area contributed by atoms with Gasteiger partial charge in [-0.15, -0.1) is 4.40 Å². The summed E-state index contributed by atoms with van der Waals surface area (Å²) in [5.74, 6) is -2.18. The van der Waals surface area contributed by atoms with Crippen LogP contribution in [0.1, 0.15) is 29.0 Å². The fourth-order valence-electron chi connectivity index (χ4n) is 3.54. The molecule has 1 saturated heterocycles. The van der Waals surface area contributed by atoms with Crippen molar-refractivity contribution in [2.24, 2.45) is 0 Å². The zero-order chi connectivity index (χ0) is 24.9. The van der Waals surface area contributed by atoms with Crippen LogP contribution in [0, 0.1) is 0 Å². The van der Waals surface area contributed by atoms with Crippen LogP contribution in [0.4, 0.5) is 19.1 Å². The van der Waals surface area contributed by atoms with E-state index in [-0.39, 0.29) is 11.9 Å². The molecule has 0 bridgehead atoms. The smallest absolute Gasteiger partial charge is 0.457 e. The van der Waals surface area contributed by atoms with E-state index < -0.39 is 12.1 Å². The number of carbonyl (C=O) groups excluding carboxylic acids is 2. The third-order valence-electron chi connectivity index (χ3n) is 5.21. The monoisotopic (exact) mass is 499 g/mol. The van der Waals surface area contributed by atoms with Gasteiger partial charge in [0, 0.05) is 5.02 Å². The summed E-state index contributed by atoms with van der Waals surface area (Å²) < 4.78 is 39.1. The van der Waals surface area contributed by atoms with E-state index in [0.29, 0.717) is 23.9 Å². The number of ether oxygens (including phenoxy) is 1. The lowest BCUT2D eigenvalue weighted by atomic mass is 10.1. The molecule has 1 fully saturated rings.